The summed E-state index contributed by atoms with van der Waals surface area (Å²) in [7, 11) is 0. The lowest BCUT2D eigenvalue weighted by molar-refractivity contribution is 0.0668. The first kappa shape index (κ1) is 22.6. The van der Waals surface area contributed by atoms with Crippen molar-refractivity contribution in [3.63, 3.8) is 0 Å². The number of hydrogen-bond acceptors (Lipinski definition) is 5. The molecule has 2 aliphatic rings. The van der Waals surface area contributed by atoms with Gasteiger partial charge in [0.15, 0.2) is 0 Å². The number of halogens is 1. The van der Waals surface area contributed by atoms with Gasteiger partial charge in [-0.25, -0.2) is 0 Å². The number of fused-ring (bicyclic) bond motifs is 3. The number of aromatic amines is 1. The monoisotopic (exact) mass is 485 g/mol. The van der Waals surface area contributed by atoms with Crippen LogP contribution >= 0.6 is 0 Å². The summed E-state index contributed by atoms with van der Waals surface area (Å²) in [5, 5.41) is 18.3. The van der Waals surface area contributed by atoms with E-state index in [9.17, 15) is 9.50 Å². The van der Waals surface area contributed by atoms with Gasteiger partial charge in [0.25, 0.3) is 0 Å². The first-order valence-corrected chi connectivity index (χ1v) is 12.2. The lowest BCUT2D eigenvalue weighted by Gasteiger charge is -2.37. The van der Waals surface area contributed by atoms with Gasteiger partial charge < -0.3 is 14.6 Å². The third kappa shape index (κ3) is 4.09. The molecule has 36 heavy (non-hydrogen) atoms. The Morgan fingerprint density at radius 3 is 2.75 bits per heavy atom. The fourth-order valence-electron chi connectivity index (χ4n) is 5.20. The van der Waals surface area contributed by atoms with Gasteiger partial charge in [0.05, 0.1) is 23.8 Å². The number of aromatic hydroxyl groups is 1. The number of alkyl halides is 1. The fourth-order valence-corrected chi connectivity index (χ4v) is 5.20. The number of H-pyrrole nitrogens is 1. The molecule has 0 bridgehead atoms. The van der Waals surface area contributed by atoms with E-state index >= 15 is 0 Å². The van der Waals surface area contributed by atoms with Crippen molar-refractivity contribution in [3.05, 3.63) is 83.6 Å². The minimum absolute atomic E-state index is 0.186. The second kappa shape index (κ2) is 9.32. The van der Waals surface area contributed by atoms with Crippen LogP contribution in [0.1, 0.15) is 29.7 Å². The summed E-state index contributed by atoms with van der Waals surface area (Å²) in [6, 6.07) is 19.3. The molecule has 1 fully saturated rings. The molecule has 0 saturated carbocycles. The van der Waals surface area contributed by atoms with Crippen molar-refractivity contribution >= 4 is 22.0 Å². The average molecular weight is 486 g/mol. The van der Waals surface area contributed by atoms with Crippen LogP contribution in [0.3, 0.4) is 0 Å². The van der Waals surface area contributed by atoms with Crippen molar-refractivity contribution in [1.82, 2.24) is 15.1 Å². The normalized spacial score (nSPS) is 18.1. The van der Waals surface area contributed by atoms with Crippen LogP contribution in [0.4, 0.5) is 4.39 Å². The van der Waals surface area contributed by atoms with Crippen LogP contribution in [-0.4, -0.2) is 53.1 Å². The molecule has 3 heterocycles. The van der Waals surface area contributed by atoms with E-state index in [1.807, 2.05) is 42.5 Å². The Labute approximate surface area is 209 Å². The van der Waals surface area contributed by atoms with Gasteiger partial charge in [-0.05, 0) is 60.0 Å². The summed E-state index contributed by atoms with van der Waals surface area (Å²) in [5.41, 5.74) is 5.94. The van der Waals surface area contributed by atoms with Crippen molar-refractivity contribution in [1.29, 1.82) is 0 Å². The molecule has 1 unspecified atom stereocenters. The molecule has 2 aliphatic heterocycles. The summed E-state index contributed by atoms with van der Waals surface area (Å²) in [6.07, 6.45) is 1.43. The highest BCUT2D eigenvalue weighted by molar-refractivity contribution is 6.00. The predicted molar refractivity (Wildman–Crippen MR) is 138 cm³/mol. The summed E-state index contributed by atoms with van der Waals surface area (Å²) < 4.78 is 25.3. The van der Waals surface area contributed by atoms with Gasteiger partial charge in [-0.1, -0.05) is 24.3 Å². The molecule has 184 valence electrons. The Balaban J connectivity index is 1.29. The lowest BCUT2D eigenvalue weighted by atomic mass is 9.85. The van der Waals surface area contributed by atoms with Gasteiger partial charge in [0, 0.05) is 36.7 Å². The zero-order valence-electron chi connectivity index (χ0n) is 20.1. The third-order valence-electron chi connectivity index (χ3n) is 7.15. The molecular formula is C29H28FN3O3. The Bertz CT molecular complexity index is 1420. The number of allylic oxidation sites excluding steroid dienone is 1. The minimum Gasteiger partial charge on any atom is -0.508 e. The maximum Gasteiger partial charge on any atom is 0.150 e. The van der Waals surface area contributed by atoms with E-state index < -0.39 is 0 Å². The molecule has 4 aromatic rings. The summed E-state index contributed by atoms with van der Waals surface area (Å²) in [4.78, 5) is 2.21. The van der Waals surface area contributed by atoms with E-state index in [2.05, 4.69) is 28.1 Å². The molecule has 0 radical (unpaired) electrons. The minimum atomic E-state index is -0.368. The number of rotatable bonds is 7. The van der Waals surface area contributed by atoms with Crippen molar-refractivity contribution in [2.24, 2.45) is 5.92 Å². The number of benzene rings is 3. The number of ether oxygens (including phenoxy) is 2. The van der Waals surface area contributed by atoms with E-state index in [1.54, 1.807) is 18.3 Å². The molecule has 1 aromatic heterocycles. The van der Waals surface area contributed by atoms with E-state index in [0.29, 0.717) is 6.61 Å². The van der Waals surface area contributed by atoms with E-state index in [0.717, 1.165) is 69.9 Å². The maximum absolute atomic E-state index is 12.6. The van der Waals surface area contributed by atoms with Crippen molar-refractivity contribution in [2.45, 2.75) is 13.0 Å². The molecule has 6 nitrogen and oxygen atoms in total. The third-order valence-corrected chi connectivity index (χ3v) is 7.15. The number of nitrogens with one attached hydrogen (secondary N) is 1. The number of phenolic OH excluding ortho intramolecular Hbond substituents is 1. The zero-order valence-corrected chi connectivity index (χ0v) is 20.1. The number of phenols is 1. The molecule has 2 N–H and O–H groups in total. The Morgan fingerprint density at radius 1 is 1.14 bits per heavy atom. The van der Waals surface area contributed by atoms with Crippen molar-refractivity contribution in [3.8, 4) is 17.2 Å². The highest BCUT2D eigenvalue weighted by Crippen LogP contribution is 2.49. The summed E-state index contributed by atoms with van der Waals surface area (Å²) in [6.45, 7) is 4.85. The van der Waals surface area contributed by atoms with Crippen LogP contribution < -0.4 is 9.47 Å². The van der Waals surface area contributed by atoms with Crippen LogP contribution in [0.25, 0.3) is 22.0 Å². The summed E-state index contributed by atoms with van der Waals surface area (Å²) in [5.74, 6) is 1.99. The van der Waals surface area contributed by atoms with E-state index in [-0.39, 0.29) is 24.4 Å². The molecule has 6 rings (SSSR count). The summed E-state index contributed by atoms with van der Waals surface area (Å²) >= 11 is 0. The SMILES string of the molecule is CC1=C(c2cccc(O)c2)C(c2ccc(OCCN3CC(CF)C3)cc2)Oc2c1ccc1[nH]ncc21. The topological polar surface area (TPSA) is 70.6 Å². The van der Waals surface area contributed by atoms with Crippen LogP contribution in [-0.2, 0) is 0 Å². The van der Waals surface area contributed by atoms with Crippen LogP contribution in [0, 0.1) is 5.92 Å². The molecule has 7 heteroatoms. The standard InChI is InChI=1S/C29H28FN3O3/c1-18-24-9-10-26-25(15-31-32-26)29(24)36-28(27(18)21-3-2-4-22(34)13-21)20-5-7-23(8-6-20)35-12-11-33-16-19(14-30)17-33/h2-10,13,15,19,28,34H,11-12,14,16-17H2,1H3,(H,31,32). The van der Waals surface area contributed by atoms with Gasteiger partial charge in [-0.3, -0.25) is 14.4 Å². The van der Waals surface area contributed by atoms with Gasteiger partial charge in [0.2, 0.25) is 0 Å². The highest BCUT2D eigenvalue weighted by Gasteiger charge is 2.31. The van der Waals surface area contributed by atoms with Gasteiger partial charge >= 0.3 is 0 Å². The molecular weight excluding hydrogens is 457 g/mol. The Morgan fingerprint density at radius 2 is 1.97 bits per heavy atom. The quantitative estimate of drug-likeness (QED) is 0.356. The Kier molecular flexibility index (Phi) is 5.85. The number of likely N-dealkylation sites (tertiary alicyclic amines) is 1. The van der Waals surface area contributed by atoms with Crippen LogP contribution in [0.2, 0.25) is 0 Å². The van der Waals surface area contributed by atoms with Gasteiger partial charge in [-0.2, -0.15) is 5.10 Å². The van der Waals surface area contributed by atoms with E-state index in [1.165, 1.54) is 0 Å². The number of aromatic nitrogens is 2. The molecule has 0 spiro atoms. The zero-order chi connectivity index (χ0) is 24.6. The second-order valence-corrected chi connectivity index (χ2v) is 9.56. The molecule has 3 aromatic carbocycles. The lowest BCUT2D eigenvalue weighted by Crippen LogP contribution is -2.49. The average Bonchev–Trinajstić information content (AvgIpc) is 3.35. The number of hydrogen-bond donors (Lipinski definition) is 2. The first-order valence-electron chi connectivity index (χ1n) is 12.2. The molecule has 1 atom stereocenters. The van der Waals surface area contributed by atoms with Crippen LogP contribution in [0.15, 0.2) is 66.9 Å². The predicted octanol–water partition coefficient (Wildman–Crippen LogP) is 5.61. The molecule has 0 aliphatic carbocycles. The molecule has 1 saturated heterocycles. The highest BCUT2D eigenvalue weighted by atomic mass is 19.1. The fraction of sp³-hybridized carbons (Fsp3) is 0.276. The van der Waals surface area contributed by atoms with Gasteiger partial charge in [0.1, 0.15) is 30.0 Å². The smallest absolute Gasteiger partial charge is 0.150 e. The second-order valence-electron chi connectivity index (χ2n) is 9.56. The van der Waals surface area contributed by atoms with Crippen molar-refractivity contribution < 1.29 is 19.0 Å². The molecule has 0 amide bonds. The number of nitrogens with zero attached hydrogens (tertiary/aromatic N) is 2. The van der Waals surface area contributed by atoms with Gasteiger partial charge in [-0.15, -0.1) is 0 Å². The first-order chi connectivity index (χ1) is 17.6. The van der Waals surface area contributed by atoms with E-state index in [4.69, 9.17) is 9.47 Å². The largest absolute Gasteiger partial charge is 0.508 e. The van der Waals surface area contributed by atoms with Crippen LogP contribution in [0.5, 0.6) is 17.2 Å². The maximum atomic E-state index is 12.6. The Hall–Kier alpha value is -3.84. The van der Waals surface area contributed by atoms with Crippen molar-refractivity contribution in [2.75, 3.05) is 32.9 Å².